The predicted molar refractivity (Wildman–Crippen MR) is 57.6 cm³/mol. The minimum absolute atomic E-state index is 1.00. The summed E-state index contributed by atoms with van der Waals surface area (Å²) >= 11 is -3.11. The SMILES string of the molecule is C[N+](C)(C)C.C[N+](C)(C)C.O=S([O-])[O-]. The van der Waals surface area contributed by atoms with Crippen LogP contribution in [0.1, 0.15) is 0 Å². The molecule has 0 heterocycles. The summed E-state index contributed by atoms with van der Waals surface area (Å²) in [6.45, 7) is 0. The normalized spacial score (nSPS) is 11.1. The Morgan fingerprint density at radius 2 is 0.714 bits per heavy atom. The topological polar surface area (TPSA) is 63.2 Å². The van der Waals surface area contributed by atoms with Crippen LogP contribution in [0.25, 0.3) is 0 Å². The fraction of sp³-hybridized carbons (Fsp3) is 1.00. The van der Waals surface area contributed by atoms with Gasteiger partial charge in [-0.3, -0.25) is 4.21 Å². The second-order valence-electron chi connectivity index (χ2n) is 5.57. The van der Waals surface area contributed by atoms with Gasteiger partial charge in [-0.2, -0.15) is 0 Å². The monoisotopic (exact) mass is 228 g/mol. The highest BCUT2D eigenvalue weighted by Crippen LogP contribution is 1.74. The lowest BCUT2D eigenvalue weighted by molar-refractivity contribution is -0.849. The maximum atomic E-state index is 8.44. The van der Waals surface area contributed by atoms with Crippen molar-refractivity contribution < 1.29 is 22.3 Å². The molecule has 0 aromatic heterocycles. The molecule has 0 amide bonds. The molecule has 6 heteroatoms. The van der Waals surface area contributed by atoms with E-state index in [2.05, 4.69) is 56.4 Å². The van der Waals surface area contributed by atoms with Crippen LogP contribution < -0.4 is 0 Å². The maximum Gasteiger partial charge on any atom is 0.0675 e. The molecule has 0 aromatic rings. The fourth-order valence-corrected chi connectivity index (χ4v) is 0. The van der Waals surface area contributed by atoms with E-state index in [0.717, 1.165) is 8.97 Å². The van der Waals surface area contributed by atoms with Crippen molar-refractivity contribution in [3.63, 3.8) is 0 Å². The molecule has 0 unspecified atom stereocenters. The van der Waals surface area contributed by atoms with Crippen LogP contribution in [0.4, 0.5) is 0 Å². The summed E-state index contributed by atoms with van der Waals surface area (Å²) in [7, 11) is 17.0. The van der Waals surface area contributed by atoms with Crippen LogP contribution in [-0.2, 0) is 11.4 Å². The first-order valence-electron chi connectivity index (χ1n) is 4.08. The Morgan fingerprint density at radius 1 is 0.714 bits per heavy atom. The Kier molecular flexibility index (Phi) is 11.6. The van der Waals surface area contributed by atoms with E-state index in [-0.39, 0.29) is 0 Å². The van der Waals surface area contributed by atoms with Gasteiger partial charge in [-0.05, 0) is 0 Å². The zero-order valence-electron chi connectivity index (χ0n) is 10.5. The van der Waals surface area contributed by atoms with Gasteiger partial charge >= 0.3 is 0 Å². The van der Waals surface area contributed by atoms with Crippen LogP contribution >= 0.6 is 0 Å². The quantitative estimate of drug-likeness (QED) is 0.420. The van der Waals surface area contributed by atoms with Crippen LogP contribution in [0, 0.1) is 0 Å². The minimum Gasteiger partial charge on any atom is -0.784 e. The molecule has 0 rings (SSSR count). The molecule has 0 atom stereocenters. The van der Waals surface area contributed by atoms with Gasteiger partial charge in [-0.15, -0.1) is 11.4 Å². The summed E-state index contributed by atoms with van der Waals surface area (Å²) in [6, 6.07) is 0. The van der Waals surface area contributed by atoms with Crippen molar-refractivity contribution in [3.8, 4) is 0 Å². The van der Waals surface area contributed by atoms with Crippen molar-refractivity contribution in [1.29, 1.82) is 0 Å². The lowest BCUT2D eigenvalue weighted by atomic mass is 10.8. The lowest BCUT2D eigenvalue weighted by Gasteiger charge is -2.14. The molecule has 0 saturated carbocycles. The average Bonchev–Trinajstić information content (AvgIpc) is 1.45. The Hall–Kier alpha value is -0.0100. The molecule has 5 nitrogen and oxygen atoms in total. The van der Waals surface area contributed by atoms with E-state index >= 15 is 0 Å². The smallest absolute Gasteiger partial charge is 0.0675 e. The van der Waals surface area contributed by atoms with Crippen molar-refractivity contribution in [3.05, 3.63) is 0 Å². The zero-order chi connectivity index (χ0) is 12.6. The van der Waals surface area contributed by atoms with Crippen LogP contribution in [0.3, 0.4) is 0 Å². The molecular formula is C8H24N2O3S. The third-order valence-corrected chi connectivity index (χ3v) is 0. The van der Waals surface area contributed by atoms with E-state index in [1.54, 1.807) is 0 Å². The van der Waals surface area contributed by atoms with Crippen molar-refractivity contribution in [2.45, 2.75) is 0 Å². The van der Waals surface area contributed by atoms with Crippen LogP contribution in [0.5, 0.6) is 0 Å². The molecule has 0 bridgehead atoms. The summed E-state index contributed by atoms with van der Waals surface area (Å²) < 4.78 is 27.3. The summed E-state index contributed by atoms with van der Waals surface area (Å²) in [5.74, 6) is 0. The van der Waals surface area contributed by atoms with Gasteiger partial charge in [0, 0.05) is 0 Å². The Balaban J connectivity index is -0.000000131. The van der Waals surface area contributed by atoms with E-state index in [9.17, 15) is 0 Å². The largest absolute Gasteiger partial charge is 0.784 e. The fourth-order valence-electron chi connectivity index (χ4n) is 0. The first-order valence-corrected chi connectivity index (χ1v) is 5.08. The van der Waals surface area contributed by atoms with Gasteiger partial charge in [0.1, 0.15) is 0 Å². The maximum absolute atomic E-state index is 8.44. The van der Waals surface area contributed by atoms with Crippen molar-refractivity contribution >= 4 is 11.4 Å². The van der Waals surface area contributed by atoms with Crippen LogP contribution in [0.15, 0.2) is 0 Å². The van der Waals surface area contributed by atoms with Gasteiger partial charge in [-0.25, -0.2) is 0 Å². The highest BCUT2D eigenvalue weighted by molar-refractivity contribution is 7.72. The predicted octanol–water partition coefficient (Wildman–Crippen LogP) is -0.359. The first kappa shape index (κ1) is 19.5. The number of quaternary nitrogens is 2. The van der Waals surface area contributed by atoms with Gasteiger partial charge in [0.05, 0.1) is 56.4 Å². The number of hydrogen-bond donors (Lipinski definition) is 0. The van der Waals surface area contributed by atoms with Gasteiger partial charge in [0.2, 0.25) is 0 Å². The summed E-state index contributed by atoms with van der Waals surface area (Å²) in [6.07, 6.45) is 0. The number of hydrogen-bond acceptors (Lipinski definition) is 3. The summed E-state index contributed by atoms with van der Waals surface area (Å²) in [5.41, 5.74) is 0. The molecule has 0 saturated heterocycles. The summed E-state index contributed by atoms with van der Waals surface area (Å²) in [5, 5.41) is 0. The highest BCUT2D eigenvalue weighted by atomic mass is 32.2. The Morgan fingerprint density at radius 3 is 0.714 bits per heavy atom. The number of nitrogens with zero attached hydrogens (tertiary/aromatic N) is 2. The van der Waals surface area contributed by atoms with E-state index in [0.29, 0.717) is 0 Å². The van der Waals surface area contributed by atoms with Crippen molar-refractivity contribution in [2.24, 2.45) is 0 Å². The van der Waals surface area contributed by atoms with Crippen molar-refractivity contribution in [1.82, 2.24) is 0 Å². The molecule has 0 aliphatic rings. The van der Waals surface area contributed by atoms with E-state index in [1.165, 1.54) is 0 Å². The highest BCUT2D eigenvalue weighted by Gasteiger charge is 1.88. The van der Waals surface area contributed by atoms with E-state index in [4.69, 9.17) is 13.3 Å². The molecule has 0 aromatic carbocycles. The molecule has 0 spiro atoms. The summed E-state index contributed by atoms with van der Waals surface area (Å²) in [4.78, 5) is 0. The molecule has 0 radical (unpaired) electrons. The molecule has 0 aliphatic heterocycles. The zero-order valence-corrected chi connectivity index (χ0v) is 11.3. The lowest BCUT2D eigenvalue weighted by Crippen LogP contribution is -2.27. The second kappa shape index (κ2) is 8.31. The van der Waals surface area contributed by atoms with Crippen LogP contribution in [-0.4, -0.2) is 78.7 Å². The van der Waals surface area contributed by atoms with E-state index < -0.39 is 11.4 Å². The molecule has 0 aliphatic carbocycles. The second-order valence-corrected chi connectivity index (χ2v) is 5.98. The van der Waals surface area contributed by atoms with Gasteiger partial charge < -0.3 is 18.1 Å². The van der Waals surface area contributed by atoms with Gasteiger partial charge in [-0.1, -0.05) is 0 Å². The molecule has 14 heavy (non-hydrogen) atoms. The van der Waals surface area contributed by atoms with Crippen LogP contribution in [0.2, 0.25) is 0 Å². The third kappa shape index (κ3) is 14500000. The van der Waals surface area contributed by atoms with Gasteiger partial charge in [0.25, 0.3) is 0 Å². The van der Waals surface area contributed by atoms with Gasteiger partial charge in [0.15, 0.2) is 0 Å². The molecule has 0 fully saturated rings. The Bertz CT molecular complexity index is 122. The Labute approximate surface area is 90.6 Å². The molecule has 0 N–H and O–H groups in total. The van der Waals surface area contributed by atoms with E-state index in [1.807, 2.05) is 0 Å². The van der Waals surface area contributed by atoms with Crippen molar-refractivity contribution in [2.75, 3.05) is 56.4 Å². The third-order valence-electron chi connectivity index (χ3n) is 0. The molecule has 90 valence electrons. The molecular weight excluding hydrogens is 204 g/mol. The number of rotatable bonds is 0. The standard InChI is InChI=1S/2C4H12N.H2O3S/c2*1-5(2,3)4;1-4(2)3/h2*1-4H3;(H2,1,2,3)/q2*+1;/p-2. The average molecular weight is 228 g/mol. The minimum atomic E-state index is -3.11. The first-order chi connectivity index (χ1) is 5.73.